The van der Waals surface area contributed by atoms with Gasteiger partial charge in [0.25, 0.3) is 0 Å². The van der Waals surface area contributed by atoms with Crippen molar-refractivity contribution in [3.05, 3.63) is 0 Å². The van der Waals surface area contributed by atoms with E-state index in [9.17, 15) is 61.5 Å². The molecule has 2 nitrogen and oxygen atoms in total. The van der Waals surface area contributed by atoms with Crippen LogP contribution in [0.2, 0.25) is 0 Å². The molecule has 0 atom stereocenters. The first-order chi connectivity index (χ1) is 12.5. The second-order valence-corrected chi connectivity index (χ2v) is 14.4. The zero-order valence-electron chi connectivity index (χ0n) is 14.4. The van der Waals surface area contributed by atoms with Gasteiger partial charge in [-0.15, -0.1) is 0 Å². The molecule has 0 bridgehead atoms. The monoisotopic (exact) mass is 576 g/mol. The second-order valence-electron chi connectivity index (χ2n) is 5.62. The Balaban J connectivity index is 6.81. The molecule has 0 N–H and O–H groups in total. The molecule has 0 aromatic rings. The van der Waals surface area contributed by atoms with Gasteiger partial charge in [-0.25, -0.2) is 0 Å². The van der Waals surface area contributed by atoms with E-state index in [0.717, 1.165) is 0 Å². The predicted octanol–water partition coefficient (Wildman–Crippen LogP) is 6.03. The standard InChI is InChI=1S/2C4H2F7.2C2H5O.Sn/c2*5-2(6)3(7,8)1-4(9,10)11;2*1-2-3;/h2*1H2;2*2H2,1H3;/q;;2*-1;+2. The van der Waals surface area contributed by atoms with Crippen LogP contribution in [0.25, 0.3) is 0 Å². The van der Waals surface area contributed by atoms with Gasteiger partial charge in [-0.3, -0.25) is 0 Å². The molecule has 0 fully saturated rings. The van der Waals surface area contributed by atoms with Crippen LogP contribution in [0.5, 0.6) is 0 Å². The van der Waals surface area contributed by atoms with Crippen molar-refractivity contribution in [1.29, 1.82) is 0 Å². The molecular weight excluding hydrogens is 561 g/mol. The second kappa shape index (κ2) is 8.70. The summed E-state index contributed by atoms with van der Waals surface area (Å²) in [4.78, 5) is 0. The molecule has 0 unspecified atom stereocenters. The molecule has 0 aromatic heterocycles. The number of hydrogen-bond donors (Lipinski definition) is 0. The van der Waals surface area contributed by atoms with Crippen molar-refractivity contribution >= 4 is 19.2 Å². The number of hydrogen-bond acceptors (Lipinski definition) is 2. The van der Waals surface area contributed by atoms with Gasteiger partial charge in [-0.05, 0) is 0 Å². The van der Waals surface area contributed by atoms with Gasteiger partial charge in [0.1, 0.15) is 0 Å². The van der Waals surface area contributed by atoms with Crippen molar-refractivity contribution < 1.29 is 67.6 Å². The van der Waals surface area contributed by atoms with Gasteiger partial charge in [0.05, 0.1) is 0 Å². The quantitative estimate of drug-likeness (QED) is 0.235. The molecule has 0 saturated carbocycles. The molecule has 0 aliphatic heterocycles. The van der Waals surface area contributed by atoms with Crippen LogP contribution < -0.4 is 0 Å². The molecule has 0 spiro atoms. The summed E-state index contributed by atoms with van der Waals surface area (Å²) >= 11 is -8.92. The Hall–Kier alpha value is -0.261. The summed E-state index contributed by atoms with van der Waals surface area (Å²) in [5, 5.41) is 0. The van der Waals surface area contributed by atoms with Crippen LogP contribution in [0.3, 0.4) is 0 Å². The molecule has 0 radical (unpaired) electrons. The molecule has 0 aromatic carbocycles. The Kier molecular flexibility index (Phi) is 8.62. The average Bonchev–Trinajstić information content (AvgIpc) is 2.40. The van der Waals surface area contributed by atoms with E-state index in [-0.39, 0.29) is 0 Å². The van der Waals surface area contributed by atoms with Gasteiger partial charge in [-0.2, -0.15) is 0 Å². The number of alkyl halides is 14. The summed E-state index contributed by atoms with van der Waals surface area (Å²) < 4.78 is 180. The fourth-order valence-corrected chi connectivity index (χ4v) is 11.2. The summed E-state index contributed by atoms with van der Waals surface area (Å²) in [7, 11) is 0. The van der Waals surface area contributed by atoms with Crippen molar-refractivity contribution in [2.75, 3.05) is 13.2 Å². The third-order valence-corrected chi connectivity index (χ3v) is 14.1. The van der Waals surface area contributed by atoms with Crippen molar-refractivity contribution in [3.63, 3.8) is 0 Å². The SMILES string of the molecule is CC[O][Sn]([O]CC)([C](F)(F)C(F)(F)CC(F)(F)F)[C](F)(F)C(F)(F)CC(F)(F)F. The Bertz CT molecular complexity index is 494. The Morgan fingerprint density at radius 1 is 0.517 bits per heavy atom. The first-order valence-corrected chi connectivity index (χ1v) is 12.6. The van der Waals surface area contributed by atoms with Crippen molar-refractivity contribution in [3.8, 4) is 0 Å². The summed E-state index contributed by atoms with van der Waals surface area (Å²) in [5.74, 6) is -12.9. The van der Waals surface area contributed by atoms with Crippen LogP contribution in [0.1, 0.15) is 26.7 Å². The summed E-state index contributed by atoms with van der Waals surface area (Å²) in [6, 6.07) is 0. The van der Waals surface area contributed by atoms with Gasteiger partial charge < -0.3 is 0 Å². The zero-order valence-corrected chi connectivity index (χ0v) is 17.3. The van der Waals surface area contributed by atoms with Gasteiger partial charge in [0, 0.05) is 0 Å². The van der Waals surface area contributed by atoms with Gasteiger partial charge in [-0.1, -0.05) is 0 Å². The molecular formula is C12H14F14O2Sn. The fraction of sp³-hybridized carbons (Fsp3) is 1.00. The van der Waals surface area contributed by atoms with E-state index in [1.165, 1.54) is 0 Å². The fourth-order valence-electron chi connectivity index (χ4n) is 2.21. The van der Waals surface area contributed by atoms with Crippen molar-refractivity contribution in [1.82, 2.24) is 0 Å². The van der Waals surface area contributed by atoms with E-state index >= 15 is 0 Å². The van der Waals surface area contributed by atoms with Crippen LogP contribution in [-0.2, 0) is 6.15 Å². The zero-order chi connectivity index (χ0) is 23.7. The van der Waals surface area contributed by atoms with E-state index < -0.39 is 77.3 Å². The van der Waals surface area contributed by atoms with Crippen molar-refractivity contribution in [2.24, 2.45) is 0 Å². The maximum atomic E-state index is 14.4. The van der Waals surface area contributed by atoms with Crippen LogP contribution in [0, 0.1) is 0 Å². The molecule has 176 valence electrons. The first kappa shape index (κ1) is 28.7. The molecule has 0 heterocycles. The number of rotatable bonds is 10. The van der Waals surface area contributed by atoms with Crippen LogP contribution in [-0.4, -0.2) is 64.5 Å². The first-order valence-electron chi connectivity index (χ1n) is 7.46. The van der Waals surface area contributed by atoms with Crippen LogP contribution in [0.15, 0.2) is 0 Å². The van der Waals surface area contributed by atoms with E-state index in [0.29, 0.717) is 13.8 Å². The average molecular weight is 575 g/mol. The van der Waals surface area contributed by atoms with Gasteiger partial charge in [0.2, 0.25) is 0 Å². The van der Waals surface area contributed by atoms with E-state index in [1.54, 1.807) is 0 Å². The third-order valence-electron chi connectivity index (χ3n) is 3.29. The number of halogens is 14. The van der Waals surface area contributed by atoms with Gasteiger partial charge in [0.15, 0.2) is 0 Å². The Morgan fingerprint density at radius 3 is 0.931 bits per heavy atom. The molecule has 0 aliphatic carbocycles. The van der Waals surface area contributed by atoms with Crippen molar-refractivity contribution in [2.45, 2.75) is 58.8 Å². The molecule has 0 aliphatic rings. The Labute approximate surface area is 159 Å². The summed E-state index contributed by atoms with van der Waals surface area (Å²) in [6.45, 7) is -1.79. The minimum absolute atomic E-state index is 0.556. The van der Waals surface area contributed by atoms with E-state index in [4.69, 9.17) is 0 Å². The topological polar surface area (TPSA) is 18.5 Å². The molecule has 17 heteroatoms. The normalized spacial score (nSPS) is 15.7. The van der Waals surface area contributed by atoms with E-state index in [1.807, 2.05) is 0 Å². The maximum absolute atomic E-state index is 14.4. The Morgan fingerprint density at radius 2 is 0.759 bits per heavy atom. The predicted molar refractivity (Wildman–Crippen MR) is 70.1 cm³/mol. The van der Waals surface area contributed by atoms with Gasteiger partial charge >= 0.3 is 159 Å². The minimum atomic E-state index is -8.92. The van der Waals surface area contributed by atoms with Crippen LogP contribution in [0.4, 0.5) is 61.5 Å². The third kappa shape index (κ3) is 5.91. The molecule has 29 heavy (non-hydrogen) atoms. The molecule has 0 saturated heterocycles. The molecule has 0 rings (SSSR count). The summed E-state index contributed by atoms with van der Waals surface area (Å²) in [5.41, 5.74) is 0. The summed E-state index contributed by atoms with van der Waals surface area (Å²) in [6.07, 6.45) is -19.6. The molecule has 0 amide bonds. The van der Waals surface area contributed by atoms with Crippen LogP contribution >= 0.6 is 0 Å². The van der Waals surface area contributed by atoms with E-state index in [2.05, 4.69) is 6.15 Å².